The van der Waals surface area contributed by atoms with Crippen molar-refractivity contribution in [1.29, 1.82) is 5.26 Å². The minimum Gasteiger partial charge on any atom is -0.507 e. The molecule has 1 fully saturated rings. The van der Waals surface area contributed by atoms with Gasteiger partial charge in [-0.2, -0.15) is 5.26 Å². The third-order valence-corrected chi connectivity index (χ3v) is 6.08. The van der Waals surface area contributed by atoms with Gasteiger partial charge in [-0.1, -0.05) is 0 Å². The van der Waals surface area contributed by atoms with Gasteiger partial charge in [0.05, 0.1) is 29.4 Å². The Bertz CT molecular complexity index is 1380. The molecule has 5 rings (SSSR count). The topological polar surface area (TPSA) is 107 Å². The molecule has 1 atom stereocenters. The van der Waals surface area contributed by atoms with Gasteiger partial charge in [-0.25, -0.2) is 0 Å². The predicted molar refractivity (Wildman–Crippen MR) is 125 cm³/mol. The standard InChI is InChI=1S/C26H21N3O5/c1-15-3-9-21(34-15)23-22(24(30)17-6-10-20-19(13-17)28(2)11-12-33-20)25(31)26(32)29(23)18-7-4-16(14-27)5-8-18/h3-10,13,23,30H,11-12H2,1-2H3/b24-22-. The largest absolute Gasteiger partial charge is 0.507 e. The molecule has 1 N–H and O–H groups in total. The van der Waals surface area contributed by atoms with Gasteiger partial charge in [0.15, 0.2) is 0 Å². The van der Waals surface area contributed by atoms with Crippen molar-refractivity contribution in [1.82, 2.24) is 0 Å². The Morgan fingerprint density at radius 2 is 1.88 bits per heavy atom. The van der Waals surface area contributed by atoms with Crippen molar-refractivity contribution in [3.05, 3.63) is 82.8 Å². The number of rotatable bonds is 3. The van der Waals surface area contributed by atoms with E-state index in [1.54, 1.807) is 61.5 Å². The quantitative estimate of drug-likeness (QED) is 0.362. The number of hydrogen-bond donors (Lipinski definition) is 1. The molecule has 2 aliphatic rings. The van der Waals surface area contributed by atoms with E-state index in [2.05, 4.69) is 0 Å². The van der Waals surface area contributed by atoms with E-state index in [-0.39, 0.29) is 11.3 Å². The molecule has 1 saturated heterocycles. The Morgan fingerprint density at radius 1 is 1.12 bits per heavy atom. The number of aryl methyl sites for hydroxylation is 1. The number of furan rings is 1. The van der Waals surface area contributed by atoms with Crippen LogP contribution in [0.5, 0.6) is 5.75 Å². The van der Waals surface area contributed by atoms with Gasteiger partial charge in [0, 0.05) is 18.3 Å². The van der Waals surface area contributed by atoms with E-state index >= 15 is 0 Å². The summed E-state index contributed by atoms with van der Waals surface area (Å²) >= 11 is 0. The number of aliphatic hydroxyl groups is 1. The number of nitriles is 1. The summed E-state index contributed by atoms with van der Waals surface area (Å²) in [6.07, 6.45) is 0. The number of anilines is 2. The maximum absolute atomic E-state index is 13.2. The second kappa shape index (κ2) is 8.12. The summed E-state index contributed by atoms with van der Waals surface area (Å²) in [5.41, 5.74) is 1.94. The van der Waals surface area contributed by atoms with Crippen molar-refractivity contribution in [3.63, 3.8) is 0 Å². The summed E-state index contributed by atoms with van der Waals surface area (Å²) in [4.78, 5) is 29.7. The van der Waals surface area contributed by atoms with E-state index in [1.165, 1.54) is 4.90 Å². The van der Waals surface area contributed by atoms with E-state index in [0.717, 1.165) is 5.69 Å². The fraction of sp³-hybridized carbons (Fsp3) is 0.192. The van der Waals surface area contributed by atoms with Crippen LogP contribution >= 0.6 is 0 Å². The SMILES string of the molecule is Cc1ccc(C2/C(=C(/O)c3ccc4c(c3)N(C)CCO4)C(=O)C(=O)N2c2ccc(C#N)cc2)o1. The van der Waals surface area contributed by atoms with E-state index in [0.29, 0.717) is 47.2 Å². The Kier molecular flexibility index (Phi) is 5.10. The lowest BCUT2D eigenvalue weighted by Gasteiger charge is -2.28. The van der Waals surface area contributed by atoms with Gasteiger partial charge >= 0.3 is 0 Å². The summed E-state index contributed by atoms with van der Waals surface area (Å²) in [6.45, 7) is 3.01. The zero-order valence-electron chi connectivity index (χ0n) is 18.6. The van der Waals surface area contributed by atoms with Crippen molar-refractivity contribution in [2.75, 3.05) is 30.0 Å². The lowest BCUT2D eigenvalue weighted by molar-refractivity contribution is -0.132. The van der Waals surface area contributed by atoms with Crippen LogP contribution in [0.1, 0.15) is 28.7 Å². The molecule has 2 aromatic carbocycles. The maximum Gasteiger partial charge on any atom is 0.300 e. The number of benzene rings is 2. The number of amides is 1. The van der Waals surface area contributed by atoms with Crippen LogP contribution in [0.3, 0.4) is 0 Å². The molecule has 170 valence electrons. The van der Waals surface area contributed by atoms with Crippen LogP contribution in [0.4, 0.5) is 11.4 Å². The summed E-state index contributed by atoms with van der Waals surface area (Å²) in [5.74, 6) is -0.266. The summed E-state index contributed by atoms with van der Waals surface area (Å²) in [5, 5.41) is 20.4. The molecule has 0 spiro atoms. The Labute approximate surface area is 195 Å². The molecule has 0 saturated carbocycles. The lowest BCUT2D eigenvalue weighted by Crippen LogP contribution is -2.29. The average molecular weight is 455 g/mol. The zero-order chi connectivity index (χ0) is 24.0. The number of carbonyl (C=O) groups excluding carboxylic acids is 2. The van der Waals surface area contributed by atoms with E-state index in [9.17, 15) is 14.7 Å². The number of hydrogen-bond acceptors (Lipinski definition) is 7. The number of ether oxygens (including phenoxy) is 1. The molecule has 8 nitrogen and oxygen atoms in total. The van der Waals surface area contributed by atoms with Crippen LogP contribution in [0.15, 0.2) is 64.6 Å². The van der Waals surface area contributed by atoms with Crippen LogP contribution in [0.2, 0.25) is 0 Å². The Morgan fingerprint density at radius 3 is 2.56 bits per heavy atom. The van der Waals surface area contributed by atoms with Gasteiger partial charge in [0.2, 0.25) is 0 Å². The minimum atomic E-state index is -0.966. The van der Waals surface area contributed by atoms with Crippen LogP contribution in [-0.2, 0) is 9.59 Å². The lowest BCUT2D eigenvalue weighted by atomic mass is 9.98. The zero-order valence-corrected chi connectivity index (χ0v) is 18.6. The normalized spacial score (nSPS) is 19.0. The molecule has 1 amide bonds. The second-order valence-corrected chi connectivity index (χ2v) is 8.23. The third-order valence-electron chi connectivity index (χ3n) is 6.08. The highest BCUT2D eigenvalue weighted by Crippen LogP contribution is 2.43. The summed E-state index contributed by atoms with van der Waals surface area (Å²) in [7, 11) is 1.92. The van der Waals surface area contributed by atoms with Gasteiger partial charge < -0.3 is 19.2 Å². The number of fused-ring (bicyclic) bond motifs is 1. The average Bonchev–Trinajstić information content (AvgIpc) is 3.39. The van der Waals surface area contributed by atoms with Crippen molar-refractivity contribution >= 4 is 28.8 Å². The fourth-order valence-corrected chi connectivity index (χ4v) is 4.32. The number of Topliss-reactive ketones (excluding diaryl/α,β-unsaturated/α-hetero) is 1. The number of nitrogens with zero attached hydrogens (tertiary/aromatic N) is 3. The first-order chi connectivity index (χ1) is 16.4. The minimum absolute atomic E-state index is 0.0666. The van der Waals surface area contributed by atoms with Crippen LogP contribution in [0.25, 0.3) is 5.76 Å². The molecule has 3 aromatic rings. The van der Waals surface area contributed by atoms with E-state index in [4.69, 9.17) is 14.4 Å². The highest BCUT2D eigenvalue weighted by molar-refractivity contribution is 6.51. The summed E-state index contributed by atoms with van der Waals surface area (Å²) < 4.78 is 11.5. The van der Waals surface area contributed by atoms with E-state index < -0.39 is 17.7 Å². The molecule has 8 heteroatoms. The molecule has 0 radical (unpaired) electrons. The van der Waals surface area contributed by atoms with Crippen molar-refractivity contribution in [2.24, 2.45) is 0 Å². The monoisotopic (exact) mass is 455 g/mol. The Hall–Kier alpha value is -4.51. The maximum atomic E-state index is 13.2. The van der Waals surface area contributed by atoms with Gasteiger partial charge in [0.25, 0.3) is 11.7 Å². The van der Waals surface area contributed by atoms with Crippen molar-refractivity contribution < 1.29 is 23.8 Å². The molecule has 3 heterocycles. The first-order valence-corrected chi connectivity index (χ1v) is 10.7. The number of carbonyl (C=O) groups is 2. The van der Waals surface area contributed by atoms with E-state index in [1.807, 2.05) is 18.0 Å². The highest BCUT2D eigenvalue weighted by atomic mass is 16.5. The van der Waals surface area contributed by atoms with Crippen molar-refractivity contribution in [3.8, 4) is 11.8 Å². The number of ketones is 1. The molecule has 2 aliphatic heterocycles. The molecule has 0 aliphatic carbocycles. The second-order valence-electron chi connectivity index (χ2n) is 8.23. The molecule has 34 heavy (non-hydrogen) atoms. The molecular weight excluding hydrogens is 434 g/mol. The molecular formula is C26H21N3O5. The molecule has 1 aromatic heterocycles. The first-order valence-electron chi connectivity index (χ1n) is 10.7. The first kappa shape index (κ1) is 21.3. The third kappa shape index (κ3) is 3.39. The number of likely N-dealkylation sites (N-methyl/N-ethyl adjacent to an activating group) is 1. The molecule has 0 bridgehead atoms. The number of aliphatic hydroxyl groups excluding tert-OH is 1. The van der Waals surface area contributed by atoms with Gasteiger partial charge in [-0.05, 0) is 61.5 Å². The highest BCUT2D eigenvalue weighted by Gasteiger charge is 2.48. The van der Waals surface area contributed by atoms with Crippen molar-refractivity contribution in [2.45, 2.75) is 13.0 Å². The van der Waals surface area contributed by atoms with Gasteiger partial charge in [0.1, 0.15) is 35.7 Å². The Balaban J connectivity index is 1.68. The van der Waals surface area contributed by atoms with Crippen LogP contribution in [-0.4, -0.2) is 37.0 Å². The summed E-state index contributed by atoms with van der Waals surface area (Å²) in [6, 6.07) is 16.0. The van der Waals surface area contributed by atoms with Gasteiger partial charge in [-0.15, -0.1) is 0 Å². The van der Waals surface area contributed by atoms with Crippen LogP contribution in [0, 0.1) is 18.3 Å². The van der Waals surface area contributed by atoms with Crippen LogP contribution < -0.4 is 14.5 Å². The van der Waals surface area contributed by atoms with Gasteiger partial charge in [-0.3, -0.25) is 14.5 Å². The molecule has 1 unspecified atom stereocenters. The fourth-order valence-electron chi connectivity index (χ4n) is 4.32. The predicted octanol–water partition coefficient (Wildman–Crippen LogP) is 3.91. The smallest absolute Gasteiger partial charge is 0.300 e.